The van der Waals surface area contributed by atoms with E-state index in [0.29, 0.717) is 31.5 Å². The number of aromatic nitrogens is 2. The molecule has 0 atom stereocenters. The molecule has 0 amide bonds. The van der Waals surface area contributed by atoms with Gasteiger partial charge in [0.25, 0.3) is 0 Å². The third-order valence-electron chi connectivity index (χ3n) is 2.79. The summed E-state index contributed by atoms with van der Waals surface area (Å²) in [6.07, 6.45) is 1.64. The Morgan fingerprint density at radius 3 is 2.95 bits per heavy atom. The van der Waals surface area contributed by atoms with Crippen molar-refractivity contribution in [3.8, 4) is 5.88 Å². The Balaban J connectivity index is 1.92. The molecular formula is C12H17N3O4. The maximum absolute atomic E-state index is 10.5. The van der Waals surface area contributed by atoms with Crippen LogP contribution in [-0.2, 0) is 9.53 Å². The Bertz CT molecular complexity index is 460. The van der Waals surface area contributed by atoms with E-state index in [4.69, 9.17) is 14.6 Å². The molecule has 1 N–H and O–H groups in total. The van der Waals surface area contributed by atoms with E-state index in [1.807, 2.05) is 18.7 Å². The van der Waals surface area contributed by atoms with Gasteiger partial charge < -0.3 is 19.5 Å². The zero-order chi connectivity index (χ0) is 13.9. The van der Waals surface area contributed by atoms with Crippen LogP contribution in [0.25, 0.3) is 0 Å². The second-order valence-electron chi connectivity index (χ2n) is 4.62. The summed E-state index contributed by atoms with van der Waals surface area (Å²) >= 11 is 0. The van der Waals surface area contributed by atoms with Crippen molar-refractivity contribution < 1.29 is 19.4 Å². The summed E-state index contributed by atoms with van der Waals surface area (Å²) in [5, 5.41) is 8.59. The minimum atomic E-state index is -0.964. The number of hydrogen-bond donors (Lipinski definition) is 1. The van der Waals surface area contributed by atoms with Gasteiger partial charge in [-0.2, -0.15) is 4.98 Å². The van der Waals surface area contributed by atoms with Gasteiger partial charge in [-0.25, -0.2) is 9.78 Å². The minimum absolute atomic E-state index is 0.288. The number of ether oxygens (including phenoxy) is 2. The van der Waals surface area contributed by atoms with Crippen LogP contribution >= 0.6 is 0 Å². The van der Waals surface area contributed by atoms with Gasteiger partial charge in [0.15, 0.2) is 0 Å². The number of aliphatic carboxylic acids is 1. The summed E-state index contributed by atoms with van der Waals surface area (Å²) < 4.78 is 10.6. The third-order valence-corrected chi connectivity index (χ3v) is 2.79. The summed E-state index contributed by atoms with van der Waals surface area (Å²) in [6, 6.07) is 1.70. The molecule has 0 saturated carbocycles. The SMILES string of the molecule is CCOc1ccnc(N2CC(C)(OCC(=O)O)C2)n1. The van der Waals surface area contributed by atoms with E-state index >= 15 is 0 Å². The van der Waals surface area contributed by atoms with Crippen molar-refractivity contribution >= 4 is 11.9 Å². The molecular weight excluding hydrogens is 250 g/mol. The first-order valence-electron chi connectivity index (χ1n) is 6.09. The van der Waals surface area contributed by atoms with Gasteiger partial charge in [0.2, 0.25) is 11.8 Å². The predicted octanol–water partition coefficient (Wildman–Crippen LogP) is 0.555. The van der Waals surface area contributed by atoms with Gasteiger partial charge in [-0.15, -0.1) is 0 Å². The Hall–Kier alpha value is -1.89. The number of carboxylic acids is 1. The molecule has 7 heteroatoms. The molecule has 1 saturated heterocycles. The van der Waals surface area contributed by atoms with Crippen LogP contribution in [0.3, 0.4) is 0 Å². The predicted molar refractivity (Wildman–Crippen MR) is 67.4 cm³/mol. The van der Waals surface area contributed by atoms with E-state index in [-0.39, 0.29) is 6.61 Å². The van der Waals surface area contributed by atoms with Gasteiger partial charge in [-0.1, -0.05) is 0 Å². The molecule has 1 aromatic heterocycles. The second-order valence-corrected chi connectivity index (χ2v) is 4.62. The first-order valence-corrected chi connectivity index (χ1v) is 6.09. The summed E-state index contributed by atoms with van der Waals surface area (Å²) in [7, 11) is 0. The zero-order valence-corrected chi connectivity index (χ0v) is 11.0. The Labute approximate surface area is 111 Å². The van der Waals surface area contributed by atoms with Crippen LogP contribution in [0.5, 0.6) is 5.88 Å². The maximum Gasteiger partial charge on any atom is 0.329 e. The first-order chi connectivity index (χ1) is 9.02. The summed E-state index contributed by atoms with van der Waals surface area (Å²) in [4.78, 5) is 20.8. The lowest BCUT2D eigenvalue weighted by molar-refractivity contribution is -0.150. The molecule has 0 aliphatic carbocycles. The van der Waals surface area contributed by atoms with Crippen molar-refractivity contribution in [1.82, 2.24) is 9.97 Å². The quantitative estimate of drug-likeness (QED) is 0.805. The molecule has 0 unspecified atom stereocenters. The van der Waals surface area contributed by atoms with Gasteiger partial charge in [-0.3, -0.25) is 0 Å². The zero-order valence-electron chi connectivity index (χ0n) is 11.0. The van der Waals surface area contributed by atoms with E-state index < -0.39 is 11.6 Å². The average Bonchev–Trinajstić information content (AvgIpc) is 2.34. The average molecular weight is 267 g/mol. The van der Waals surface area contributed by atoms with Crippen LogP contribution in [0, 0.1) is 0 Å². The highest BCUT2D eigenvalue weighted by molar-refractivity contribution is 5.68. The van der Waals surface area contributed by atoms with E-state index in [1.165, 1.54) is 0 Å². The fourth-order valence-corrected chi connectivity index (χ4v) is 1.94. The van der Waals surface area contributed by atoms with Crippen molar-refractivity contribution in [2.75, 3.05) is 31.2 Å². The highest BCUT2D eigenvalue weighted by atomic mass is 16.5. The Morgan fingerprint density at radius 1 is 1.58 bits per heavy atom. The fraction of sp³-hybridized carbons (Fsp3) is 0.583. The molecule has 7 nitrogen and oxygen atoms in total. The number of anilines is 1. The topological polar surface area (TPSA) is 84.8 Å². The van der Waals surface area contributed by atoms with Crippen LogP contribution in [0.1, 0.15) is 13.8 Å². The van der Waals surface area contributed by atoms with Crippen LogP contribution in [0.4, 0.5) is 5.95 Å². The molecule has 1 fully saturated rings. The van der Waals surface area contributed by atoms with Crippen LogP contribution in [0.2, 0.25) is 0 Å². The first kappa shape index (κ1) is 13.5. The Kier molecular flexibility index (Phi) is 3.84. The largest absolute Gasteiger partial charge is 0.480 e. The fourth-order valence-electron chi connectivity index (χ4n) is 1.94. The molecule has 1 aliphatic rings. The van der Waals surface area contributed by atoms with Gasteiger partial charge in [-0.05, 0) is 13.8 Å². The molecule has 2 rings (SSSR count). The normalized spacial score (nSPS) is 16.8. The van der Waals surface area contributed by atoms with Crippen molar-refractivity contribution in [1.29, 1.82) is 0 Å². The van der Waals surface area contributed by atoms with E-state index in [1.54, 1.807) is 12.3 Å². The summed E-state index contributed by atoms with van der Waals surface area (Å²) in [5.74, 6) is 0.143. The highest BCUT2D eigenvalue weighted by Gasteiger charge is 2.41. The molecule has 1 aromatic rings. The van der Waals surface area contributed by atoms with Crippen LogP contribution in [-0.4, -0.2) is 52.9 Å². The smallest absolute Gasteiger partial charge is 0.329 e. The van der Waals surface area contributed by atoms with Gasteiger partial charge in [0.1, 0.15) is 12.2 Å². The van der Waals surface area contributed by atoms with Crippen LogP contribution < -0.4 is 9.64 Å². The van der Waals surface area contributed by atoms with Crippen molar-refractivity contribution in [3.63, 3.8) is 0 Å². The lowest BCUT2D eigenvalue weighted by Gasteiger charge is -2.47. The molecule has 0 radical (unpaired) electrons. The minimum Gasteiger partial charge on any atom is -0.480 e. The van der Waals surface area contributed by atoms with Gasteiger partial charge in [0, 0.05) is 12.3 Å². The van der Waals surface area contributed by atoms with E-state index in [2.05, 4.69) is 9.97 Å². The lowest BCUT2D eigenvalue weighted by atomic mass is 9.97. The summed E-state index contributed by atoms with van der Waals surface area (Å²) in [6.45, 7) is 5.16. The lowest BCUT2D eigenvalue weighted by Crippen LogP contribution is -2.62. The standard InChI is InChI=1S/C12H17N3O4/c1-3-18-9-4-5-13-11(14-9)15-7-12(2,8-15)19-6-10(16)17/h4-5H,3,6-8H2,1-2H3,(H,16,17). The number of carbonyl (C=O) groups is 1. The van der Waals surface area contributed by atoms with Crippen LogP contribution in [0.15, 0.2) is 12.3 Å². The molecule has 2 heterocycles. The van der Waals surface area contributed by atoms with Gasteiger partial charge >= 0.3 is 5.97 Å². The molecule has 0 aromatic carbocycles. The van der Waals surface area contributed by atoms with E-state index in [0.717, 1.165) is 0 Å². The molecule has 0 bridgehead atoms. The third kappa shape index (κ3) is 3.31. The number of carboxylic acid groups (broad SMARTS) is 1. The Morgan fingerprint density at radius 2 is 2.32 bits per heavy atom. The monoisotopic (exact) mass is 267 g/mol. The second kappa shape index (κ2) is 5.40. The van der Waals surface area contributed by atoms with Crippen molar-refractivity contribution in [2.24, 2.45) is 0 Å². The number of rotatable bonds is 6. The molecule has 19 heavy (non-hydrogen) atoms. The molecule has 1 aliphatic heterocycles. The maximum atomic E-state index is 10.5. The highest BCUT2D eigenvalue weighted by Crippen LogP contribution is 2.28. The summed E-state index contributed by atoms with van der Waals surface area (Å²) in [5.41, 5.74) is -0.455. The van der Waals surface area contributed by atoms with Crippen molar-refractivity contribution in [3.05, 3.63) is 12.3 Å². The molecule has 0 spiro atoms. The number of hydrogen-bond acceptors (Lipinski definition) is 6. The number of nitrogens with zero attached hydrogens (tertiary/aromatic N) is 3. The van der Waals surface area contributed by atoms with Crippen molar-refractivity contribution in [2.45, 2.75) is 19.4 Å². The van der Waals surface area contributed by atoms with Gasteiger partial charge in [0.05, 0.1) is 19.7 Å². The molecule has 104 valence electrons. The van der Waals surface area contributed by atoms with E-state index in [9.17, 15) is 4.79 Å².